The van der Waals surface area contributed by atoms with Crippen LogP contribution >= 0.6 is 0 Å². The summed E-state index contributed by atoms with van der Waals surface area (Å²) in [6.45, 7) is 4.53. The highest BCUT2D eigenvalue weighted by Gasteiger charge is 2.06. The van der Waals surface area contributed by atoms with Crippen molar-refractivity contribution >= 4 is 11.4 Å². The number of hydrogen-bond donors (Lipinski definition) is 2. The van der Waals surface area contributed by atoms with Gasteiger partial charge in [0.15, 0.2) is 0 Å². The van der Waals surface area contributed by atoms with Gasteiger partial charge in [-0.05, 0) is 121 Å². The third kappa shape index (κ3) is 20.0. The monoisotopic (exact) mass is 785 g/mol. The Morgan fingerprint density at radius 1 is 0.276 bits per heavy atom. The number of unbranched alkanes of at least 4 members (excludes halogenated alkanes) is 21. The lowest BCUT2D eigenvalue weighted by Crippen LogP contribution is -1.98. The third-order valence-corrected chi connectivity index (χ3v) is 12.6. The number of aryl methyl sites for hydroxylation is 4. The molecule has 0 radical (unpaired) electrons. The summed E-state index contributed by atoms with van der Waals surface area (Å²) in [5.41, 5.74) is 25.7. The first-order valence-electron chi connectivity index (χ1n) is 24.4. The van der Waals surface area contributed by atoms with Gasteiger partial charge >= 0.3 is 0 Å². The summed E-state index contributed by atoms with van der Waals surface area (Å²) in [6, 6.07) is 32.1. The Morgan fingerprint density at radius 2 is 0.534 bits per heavy atom. The highest BCUT2D eigenvalue weighted by Crippen LogP contribution is 2.23. The molecule has 58 heavy (non-hydrogen) atoms. The van der Waals surface area contributed by atoms with E-state index >= 15 is 0 Å². The van der Waals surface area contributed by atoms with Crippen LogP contribution in [0.15, 0.2) is 84.9 Å². The number of anilines is 2. The summed E-state index contributed by atoms with van der Waals surface area (Å²) in [5, 5.41) is 0. The van der Waals surface area contributed by atoms with Crippen molar-refractivity contribution in [2.75, 3.05) is 11.5 Å². The van der Waals surface area contributed by atoms with E-state index in [2.05, 4.69) is 98.8 Å². The molecule has 4 rings (SSSR count). The summed E-state index contributed by atoms with van der Waals surface area (Å²) >= 11 is 0. The van der Waals surface area contributed by atoms with Gasteiger partial charge in [0, 0.05) is 11.4 Å². The van der Waals surface area contributed by atoms with Crippen LogP contribution < -0.4 is 11.5 Å². The molecule has 318 valence electrons. The van der Waals surface area contributed by atoms with E-state index in [1.165, 1.54) is 211 Å². The van der Waals surface area contributed by atoms with Gasteiger partial charge in [-0.25, -0.2) is 0 Å². The van der Waals surface area contributed by atoms with Crippen molar-refractivity contribution in [1.29, 1.82) is 0 Å². The molecule has 4 N–H and O–H groups in total. The van der Waals surface area contributed by atoms with Crippen molar-refractivity contribution in [2.45, 2.75) is 206 Å². The van der Waals surface area contributed by atoms with E-state index in [9.17, 15) is 0 Å². The number of hydrogen-bond acceptors (Lipinski definition) is 2. The van der Waals surface area contributed by atoms with Crippen LogP contribution in [0.2, 0.25) is 0 Å². The first kappa shape index (κ1) is 47.2. The second kappa shape index (κ2) is 29.7. The maximum Gasteiger partial charge on any atom is 0.0346 e. The van der Waals surface area contributed by atoms with E-state index in [1.807, 2.05) is 0 Å². The first-order valence-corrected chi connectivity index (χ1v) is 24.4. The van der Waals surface area contributed by atoms with Crippen molar-refractivity contribution < 1.29 is 0 Å². The Morgan fingerprint density at radius 3 is 0.862 bits per heavy atom. The zero-order valence-electron chi connectivity index (χ0n) is 37.5. The lowest BCUT2D eigenvalue weighted by Gasteiger charge is -2.10. The summed E-state index contributed by atoms with van der Waals surface area (Å²) in [5.74, 6) is 0. The summed E-state index contributed by atoms with van der Waals surface area (Å²) in [7, 11) is 0. The fraction of sp³-hybridized carbons (Fsp3) is 0.571. The van der Waals surface area contributed by atoms with Gasteiger partial charge in [-0.3, -0.25) is 0 Å². The van der Waals surface area contributed by atoms with Gasteiger partial charge in [0.25, 0.3) is 0 Å². The molecular weight excluding hydrogens is 701 g/mol. The second-order valence-corrected chi connectivity index (χ2v) is 17.8. The van der Waals surface area contributed by atoms with E-state index in [1.54, 1.807) is 0 Å². The molecule has 0 fully saturated rings. The van der Waals surface area contributed by atoms with Crippen LogP contribution in [-0.2, 0) is 38.5 Å². The molecule has 4 aromatic rings. The Bertz CT molecular complexity index is 1490. The molecular formula is C56H84N2. The van der Waals surface area contributed by atoms with Crippen molar-refractivity contribution in [2.24, 2.45) is 0 Å². The zero-order chi connectivity index (χ0) is 40.9. The summed E-state index contributed by atoms with van der Waals surface area (Å²) in [6.07, 6.45) is 39.4. The van der Waals surface area contributed by atoms with Gasteiger partial charge < -0.3 is 11.5 Å². The SMILES string of the molecule is CCCCCCc1cc(Cc2ccc(CCCCCCCCCCCCCCCCCCc3ccc(Cc4ccc(N)c(CCCCCC)c4)cc3)cc2)ccc1N. The minimum atomic E-state index is 0.955. The maximum atomic E-state index is 6.29. The second-order valence-electron chi connectivity index (χ2n) is 17.8. The number of rotatable bonds is 33. The van der Waals surface area contributed by atoms with E-state index in [0.29, 0.717) is 0 Å². The van der Waals surface area contributed by atoms with Crippen molar-refractivity contribution in [3.8, 4) is 0 Å². The highest BCUT2D eigenvalue weighted by molar-refractivity contribution is 5.50. The molecule has 0 aromatic heterocycles. The number of benzene rings is 4. The fourth-order valence-electron chi connectivity index (χ4n) is 8.71. The average molecular weight is 785 g/mol. The maximum absolute atomic E-state index is 6.29. The smallest absolute Gasteiger partial charge is 0.0346 e. The lowest BCUT2D eigenvalue weighted by atomic mass is 9.97. The lowest BCUT2D eigenvalue weighted by molar-refractivity contribution is 0.528. The molecule has 0 bridgehead atoms. The highest BCUT2D eigenvalue weighted by atomic mass is 14.6. The van der Waals surface area contributed by atoms with Gasteiger partial charge in [0.05, 0.1) is 0 Å². The summed E-state index contributed by atoms with van der Waals surface area (Å²) < 4.78 is 0. The third-order valence-electron chi connectivity index (χ3n) is 12.6. The van der Waals surface area contributed by atoms with Crippen molar-refractivity contribution in [1.82, 2.24) is 0 Å². The van der Waals surface area contributed by atoms with E-state index in [4.69, 9.17) is 11.5 Å². The molecule has 0 aliphatic carbocycles. The molecule has 0 aliphatic heterocycles. The predicted molar refractivity (Wildman–Crippen MR) is 257 cm³/mol. The number of nitrogen functional groups attached to an aromatic ring is 2. The van der Waals surface area contributed by atoms with Gasteiger partial charge in [-0.15, -0.1) is 0 Å². The fourth-order valence-corrected chi connectivity index (χ4v) is 8.71. The number of nitrogens with two attached hydrogens (primary N) is 2. The van der Waals surface area contributed by atoms with Crippen LogP contribution in [0.5, 0.6) is 0 Å². The summed E-state index contributed by atoms with van der Waals surface area (Å²) in [4.78, 5) is 0. The quantitative estimate of drug-likeness (QED) is 0.0373. The molecule has 0 amide bonds. The van der Waals surface area contributed by atoms with Crippen LogP contribution in [0.3, 0.4) is 0 Å². The molecule has 4 aromatic carbocycles. The Balaban J connectivity index is 0.913. The van der Waals surface area contributed by atoms with Crippen LogP contribution in [-0.4, -0.2) is 0 Å². The van der Waals surface area contributed by atoms with Gasteiger partial charge in [0.2, 0.25) is 0 Å². The van der Waals surface area contributed by atoms with Crippen LogP contribution in [0.1, 0.15) is 212 Å². The molecule has 0 heterocycles. The molecule has 0 atom stereocenters. The first-order chi connectivity index (χ1) is 28.5. The normalized spacial score (nSPS) is 11.4. The Kier molecular flexibility index (Phi) is 24.1. The molecule has 0 aliphatic rings. The molecule has 0 saturated heterocycles. The van der Waals surface area contributed by atoms with Crippen LogP contribution in [0.4, 0.5) is 11.4 Å². The minimum Gasteiger partial charge on any atom is -0.399 e. The van der Waals surface area contributed by atoms with Crippen molar-refractivity contribution in [3.05, 3.63) is 129 Å². The molecule has 0 saturated carbocycles. The van der Waals surface area contributed by atoms with E-state index < -0.39 is 0 Å². The van der Waals surface area contributed by atoms with E-state index in [0.717, 1.165) is 37.1 Å². The van der Waals surface area contributed by atoms with Gasteiger partial charge in [-0.2, -0.15) is 0 Å². The van der Waals surface area contributed by atoms with Gasteiger partial charge in [-0.1, -0.05) is 215 Å². The van der Waals surface area contributed by atoms with Gasteiger partial charge in [0.1, 0.15) is 0 Å². The minimum absolute atomic E-state index is 0.955. The van der Waals surface area contributed by atoms with E-state index in [-0.39, 0.29) is 0 Å². The molecule has 2 nitrogen and oxygen atoms in total. The predicted octanol–water partition coefficient (Wildman–Crippen LogP) is 16.3. The largest absolute Gasteiger partial charge is 0.399 e. The standard InChI is InChI=1S/C56H84N2/c1-3-5-7-25-29-53-45-51(39-41-55(53)57)43-49-35-31-47(32-36-49)27-23-21-19-17-15-13-11-9-10-12-14-16-18-20-22-24-28-48-33-37-50(38-34-48)44-52-40-42-56(58)54(46-52)30-26-8-6-4-2/h31-42,45-46H,3-30,43-44,57-58H2,1-2H3. The molecule has 2 heteroatoms. The zero-order valence-corrected chi connectivity index (χ0v) is 37.5. The molecule has 0 unspecified atom stereocenters. The van der Waals surface area contributed by atoms with Crippen LogP contribution in [0.25, 0.3) is 0 Å². The topological polar surface area (TPSA) is 52.0 Å². The Hall–Kier alpha value is -3.52. The Labute approximate surface area is 357 Å². The van der Waals surface area contributed by atoms with Crippen LogP contribution in [0, 0.1) is 0 Å². The molecule has 0 spiro atoms. The van der Waals surface area contributed by atoms with Crippen molar-refractivity contribution in [3.63, 3.8) is 0 Å². The average Bonchev–Trinajstić information content (AvgIpc) is 3.24.